The number of furan rings is 1. The summed E-state index contributed by atoms with van der Waals surface area (Å²) < 4.78 is 5.67. The van der Waals surface area contributed by atoms with Gasteiger partial charge in [-0.05, 0) is 43.0 Å². The third kappa shape index (κ3) is 1.98. The number of rotatable bonds is 3. The molecule has 2 unspecified atom stereocenters. The van der Waals surface area contributed by atoms with Gasteiger partial charge in [0, 0.05) is 5.39 Å². The van der Waals surface area contributed by atoms with Crippen molar-refractivity contribution in [2.75, 3.05) is 0 Å². The van der Waals surface area contributed by atoms with Crippen LogP contribution < -0.4 is 5.73 Å². The van der Waals surface area contributed by atoms with Gasteiger partial charge in [-0.25, -0.2) is 0 Å². The summed E-state index contributed by atoms with van der Waals surface area (Å²) in [6.45, 7) is 6.39. The smallest absolute Gasteiger partial charge is 0.134 e. The zero-order valence-corrected chi connectivity index (χ0v) is 10.2. The van der Waals surface area contributed by atoms with E-state index in [1.54, 1.807) is 0 Å². The van der Waals surface area contributed by atoms with E-state index < -0.39 is 0 Å². The normalized spacial score (nSPS) is 15.2. The lowest BCUT2D eigenvalue weighted by Gasteiger charge is -2.07. The summed E-state index contributed by atoms with van der Waals surface area (Å²) in [5.74, 6) is 1.45. The van der Waals surface area contributed by atoms with Gasteiger partial charge in [-0.2, -0.15) is 0 Å². The molecule has 1 heterocycles. The summed E-state index contributed by atoms with van der Waals surface area (Å²) in [5.41, 5.74) is 8.11. The molecule has 0 radical (unpaired) electrons. The van der Waals surface area contributed by atoms with Crippen molar-refractivity contribution in [1.29, 1.82) is 0 Å². The maximum atomic E-state index is 5.81. The van der Waals surface area contributed by atoms with E-state index >= 15 is 0 Å². The van der Waals surface area contributed by atoms with Crippen molar-refractivity contribution in [3.63, 3.8) is 0 Å². The molecule has 86 valence electrons. The molecule has 2 rings (SSSR count). The second-order valence-electron chi connectivity index (χ2n) is 4.54. The number of benzene rings is 1. The molecule has 0 aliphatic heterocycles. The number of fused-ring (bicyclic) bond motifs is 1. The molecular formula is C14H19NO. The maximum Gasteiger partial charge on any atom is 0.134 e. The Bertz CT molecular complexity index is 484. The van der Waals surface area contributed by atoms with Crippen LogP contribution in [0.25, 0.3) is 11.0 Å². The molecule has 0 fully saturated rings. The Hall–Kier alpha value is -1.28. The van der Waals surface area contributed by atoms with Gasteiger partial charge in [0.2, 0.25) is 0 Å². The van der Waals surface area contributed by atoms with Crippen molar-refractivity contribution < 1.29 is 4.42 Å². The largest absolute Gasteiger partial charge is 0.459 e. The molecule has 2 atom stereocenters. The Labute approximate surface area is 96.4 Å². The molecule has 1 aromatic carbocycles. The van der Waals surface area contributed by atoms with Gasteiger partial charge in [0.05, 0.1) is 6.04 Å². The quantitative estimate of drug-likeness (QED) is 0.845. The summed E-state index contributed by atoms with van der Waals surface area (Å²) in [6.07, 6.45) is 1.16. The first-order valence-corrected chi connectivity index (χ1v) is 5.90. The Balaban J connectivity index is 2.45. The minimum absolute atomic E-state index is 0.0422. The van der Waals surface area contributed by atoms with Crippen molar-refractivity contribution in [1.82, 2.24) is 0 Å². The molecular weight excluding hydrogens is 198 g/mol. The van der Waals surface area contributed by atoms with Gasteiger partial charge in [-0.1, -0.05) is 19.9 Å². The van der Waals surface area contributed by atoms with Crippen molar-refractivity contribution in [3.8, 4) is 0 Å². The summed E-state index contributed by atoms with van der Waals surface area (Å²) in [5, 5.41) is 1.16. The fourth-order valence-corrected chi connectivity index (χ4v) is 1.85. The molecule has 1 aromatic heterocycles. The van der Waals surface area contributed by atoms with E-state index in [0.29, 0.717) is 5.92 Å². The lowest BCUT2D eigenvalue weighted by Crippen LogP contribution is -2.02. The molecule has 0 saturated carbocycles. The van der Waals surface area contributed by atoms with Gasteiger partial charge in [0.25, 0.3) is 0 Å². The highest BCUT2D eigenvalue weighted by molar-refractivity contribution is 5.79. The van der Waals surface area contributed by atoms with E-state index in [1.165, 1.54) is 5.56 Å². The number of hydrogen-bond donors (Lipinski definition) is 1. The third-order valence-electron chi connectivity index (χ3n) is 3.19. The highest BCUT2D eigenvalue weighted by Crippen LogP contribution is 2.27. The highest BCUT2D eigenvalue weighted by atomic mass is 16.3. The van der Waals surface area contributed by atoms with Crippen LogP contribution in [-0.4, -0.2) is 0 Å². The standard InChI is InChI=1S/C14H19NO/c1-4-9(2)11-5-6-13-12(7-11)8-14(16-13)10(3)15/h5-10H,4,15H2,1-3H3. The molecule has 2 N–H and O–H groups in total. The minimum Gasteiger partial charge on any atom is -0.459 e. The topological polar surface area (TPSA) is 39.2 Å². The molecule has 16 heavy (non-hydrogen) atoms. The molecule has 0 bridgehead atoms. The van der Waals surface area contributed by atoms with Gasteiger partial charge >= 0.3 is 0 Å². The predicted octanol–water partition coefficient (Wildman–Crippen LogP) is 3.97. The van der Waals surface area contributed by atoms with Crippen LogP contribution >= 0.6 is 0 Å². The van der Waals surface area contributed by atoms with Crippen molar-refractivity contribution in [2.45, 2.75) is 39.2 Å². The van der Waals surface area contributed by atoms with E-state index in [4.69, 9.17) is 10.2 Å². The SMILES string of the molecule is CCC(C)c1ccc2oc(C(C)N)cc2c1. The Kier molecular flexibility index (Phi) is 3.01. The van der Waals surface area contributed by atoms with Gasteiger partial charge in [-0.15, -0.1) is 0 Å². The minimum atomic E-state index is -0.0422. The first-order chi connectivity index (χ1) is 7.61. The van der Waals surface area contributed by atoms with E-state index in [1.807, 2.05) is 19.1 Å². The van der Waals surface area contributed by atoms with Crippen LogP contribution in [0.5, 0.6) is 0 Å². The zero-order valence-electron chi connectivity index (χ0n) is 10.2. The molecule has 0 amide bonds. The van der Waals surface area contributed by atoms with E-state index in [9.17, 15) is 0 Å². The lowest BCUT2D eigenvalue weighted by atomic mass is 9.98. The Morgan fingerprint density at radius 1 is 1.25 bits per heavy atom. The van der Waals surface area contributed by atoms with E-state index in [2.05, 4.69) is 26.0 Å². The molecule has 0 spiro atoms. The van der Waals surface area contributed by atoms with Crippen LogP contribution in [0.2, 0.25) is 0 Å². The van der Waals surface area contributed by atoms with Crippen LogP contribution in [0.1, 0.15) is 50.5 Å². The fraction of sp³-hybridized carbons (Fsp3) is 0.429. The summed E-state index contributed by atoms with van der Waals surface area (Å²) in [4.78, 5) is 0. The average Bonchev–Trinajstić information content (AvgIpc) is 2.70. The average molecular weight is 217 g/mol. The van der Waals surface area contributed by atoms with Crippen molar-refractivity contribution in [2.24, 2.45) is 5.73 Å². The second-order valence-corrected chi connectivity index (χ2v) is 4.54. The molecule has 0 aliphatic rings. The lowest BCUT2D eigenvalue weighted by molar-refractivity contribution is 0.513. The molecule has 0 aliphatic carbocycles. The van der Waals surface area contributed by atoms with Gasteiger partial charge in [0.1, 0.15) is 11.3 Å². The molecule has 2 aromatic rings. The Morgan fingerprint density at radius 2 is 2.00 bits per heavy atom. The molecule has 2 nitrogen and oxygen atoms in total. The van der Waals surface area contributed by atoms with Crippen LogP contribution in [-0.2, 0) is 0 Å². The van der Waals surface area contributed by atoms with Gasteiger partial charge in [-0.3, -0.25) is 0 Å². The van der Waals surface area contributed by atoms with Crippen LogP contribution in [0.4, 0.5) is 0 Å². The van der Waals surface area contributed by atoms with Crippen molar-refractivity contribution in [3.05, 3.63) is 35.6 Å². The second kappa shape index (κ2) is 4.30. The van der Waals surface area contributed by atoms with Crippen LogP contribution in [0.3, 0.4) is 0 Å². The number of hydrogen-bond acceptors (Lipinski definition) is 2. The van der Waals surface area contributed by atoms with E-state index in [0.717, 1.165) is 23.2 Å². The number of nitrogens with two attached hydrogens (primary N) is 1. The van der Waals surface area contributed by atoms with Crippen LogP contribution in [0.15, 0.2) is 28.7 Å². The van der Waals surface area contributed by atoms with Crippen LogP contribution in [0, 0.1) is 0 Å². The maximum absolute atomic E-state index is 5.81. The first-order valence-electron chi connectivity index (χ1n) is 5.90. The monoisotopic (exact) mass is 217 g/mol. The summed E-state index contributed by atoms with van der Waals surface area (Å²) in [6, 6.07) is 8.40. The Morgan fingerprint density at radius 3 is 2.62 bits per heavy atom. The predicted molar refractivity (Wildman–Crippen MR) is 67.5 cm³/mol. The molecule has 2 heteroatoms. The van der Waals surface area contributed by atoms with E-state index in [-0.39, 0.29) is 6.04 Å². The highest BCUT2D eigenvalue weighted by Gasteiger charge is 2.09. The zero-order chi connectivity index (χ0) is 11.7. The van der Waals surface area contributed by atoms with Gasteiger partial charge < -0.3 is 10.2 Å². The first kappa shape index (κ1) is 11.2. The van der Waals surface area contributed by atoms with Gasteiger partial charge in [0.15, 0.2) is 0 Å². The fourth-order valence-electron chi connectivity index (χ4n) is 1.85. The van der Waals surface area contributed by atoms with Crippen molar-refractivity contribution >= 4 is 11.0 Å². The summed E-state index contributed by atoms with van der Waals surface area (Å²) in [7, 11) is 0. The summed E-state index contributed by atoms with van der Waals surface area (Å²) >= 11 is 0. The molecule has 0 saturated heterocycles. The third-order valence-corrected chi connectivity index (χ3v) is 3.19.